The number of amides is 1. The number of carbonyl (C=O) groups excluding carboxylic acids is 1. The highest BCUT2D eigenvalue weighted by Gasteiger charge is 2.12. The molecule has 0 atom stereocenters. The van der Waals surface area contributed by atoms with Crippen molar-refractivity contribution in [3.63, 3.8) is 0 Å². The molecule has 0 saturated heterocycles. The summed E-state index contributed by atoms with van der Waals surface area (Å²) in [6.45, 7) is 1.99. The van der Waals surface area contributed by atoms with Crippen LogP contribution in [0.1, 0.15) is 17.0 Å². The molecule has 0 unspecified atom stereocenters. The van der Waals surface area contributed by atoms with Gasteiger partial charge in [0.15, 0.2) is 5.16 Å². The SMILES string of the molecule is Cc1cccc(NC(=O)CSc2nnc(CSCc3ccc(Cl)cc3Cl)n2C)c1. The number of anilines is 1. The van der Waals surface area contributed by atoms with Gasteiger partial charge in [-0.05, 0) is 42.3 Å². The molecule has 2 aromatic carbocycles. The summed E-state index contributed by atoms with van der Waals surface area (Å²) in [5, 5.41) is 13.4. The van der Waals surface area contributed by atoms with Gasteiger partial charge in [0.2, 0.25) is 5.91 Å². The summed E-state index contributed by atoms with van der Waals surface area (Å²) in [4.78, 5) is 12.2. The number of aryl methyl sites for hydroxylation is 1. The fourth-order valence-corrected chi connectivity index (χ4v) is 4.83. The first-order chi connectivity index (χ1) is 13.9. The highest BCUT2D eigenvalue weighted by Crippen LogP contribution is 2.26. The molecule has 29 heavy (non-hydrogen) atoms. The third kappa shape index (κ3) is 6.40. The Labute approximate surface area is 188 Å². The molecule has 0 aliphatic heterocycles. The van der Waals surface area contributed by atoms with Crippen LogP contribution in [-0.4, -0.2) is 26.4 Å². The second kappa shape index (κ2) is 10.4. The van der Waals surface area contributed by atoms with Gasteiger partial charge in [0.25, 0.3) is 0 Å². The number of carbonyl (C=O) groups is 1. The Bertz CT molecular complexity index is 1010. The van der Waals surface area contributed by atoms with Crippen molar-refractivity contribution < 1.29 is 4.79 Å². The molecule has 0 aliphatic rings. The van der Waals surface area contributed by atoms with E-state index >= 15 is 0 Å². The molecule has 0 saturated carbocycles. The predicted octanol–water partition coefficient (Wildman–Crippen LogP) is 5.59. The molecule has 1 N–H and O–H groups in total. The highest BCUT2D eigenvalue weighted by molar-refractivity contribution is 7.99. The predicted molar refractivity (Wildman–Crippen MR) is 123 cm³/mol. The molecular weight excluding hydrogens is 447 g/mol. The molecule has 5 nitrogen and oxygen atoms in total. The van der Waals surface area contributed by atoms with E-state index in [2.05, 4.69) is 15.5 Å². The van der Waals surface area contributed by atoms with Crippen LogP contribution < -0.4 is 5.32 Å². The minimum Gasteiger partial charge on any atom is -0.325 e. The van der Waals surface area contributed by atoms with Crippen LogP contribution in [0.4, 0.5) is 5.69 Å². The van der Waals surface area contributed by atoms with Crippen LogP contribution in [0.5, 0.6) is 0 Å². The largest absolute Gasteiger partial charge is 0.325 e. The molecule has 1 heterocycles. The number of benzene rings is 2. The van der Waals surface area contributed by atoms with Crippen LogP contribution in [-0.2, 0) is 23.3 Å². The van der Waals surface area contributed by atoms with E-state index in [1.165, 1.54) is 11.8 Å². The Kier molecular flexibility index (Phi) is 7.89. The molecule has 1 amide bonds. The lowest BCUT2D eigenvalue weighted by molar-refractivity contribution is -0.113. The zero-order valence-corrected chi connectivity index (χ0v) is 19.1. The molecule has 3 aromatic rings. The van der Waals surface area contributed by atoms with E-state index in [-0.39, 0.29) is 11.7 Å². The van der Waals surface area contributed by atoms with Gasteiger partial charge in [-0.15, -0.1) is 22.0 Å². The Morgan fingerprint density at radius 1 is 1.14 bits per heavy atom. The van der Waals surface area contributed by atoms with Crippen molar-refractivity contribution >= 4 is 58.3 Å². The summed E-state index contributed by atoms with van der Waals surface area (Å²) in [7, 11) is 1.91. The van der Waals surface area contributed by atoms with Gasteiger partial charge in [0.1, 0.15) is 5.82 Å². The average molecular weight is 467 g/mol. The number of halogens is 2. The number of hydrogen-bond donors (Lipinski definition) is 1. The van der Waals surface area contributed by atoms with Crippen molar-refractivity contribution in [1.29, 1.82) is 0 Å². The second-order valence-corrected chi connectivity index (χ2v) is 9.16. The van der Waals surface area contributed by atoms with E-state index < -0.39 is 0 Å². The highest BCUT2D eigenvalue weighted by atomic mass is 35.5. The van der Waals surface area contributed by atoms with E-state index in [0.29, 0.717) is 21.0 Å². The lowest BCUT2D eigenvalue weighted by Gasteiger charge is -2.07. The topological polar surface area (TPSA) is 59.8 Å². The number of aromatic nitrogens is 3. The Morgan fingerprint density at radius 2 is 1.97 bits per heavy atom. The van der Waals surface area contributed by atoms with Gasteiger partial charge in [0, 0.05) is 28.5 Å². The molecule has 0 bridgehead atoms. The number of thioether (sulfide) groups is 2. The van der Waals surface area contributed by atoms with Crippen LogP contribution >= 0.6 is 46.7 Å². The van der Waals surface area contributed by atoms with Crippen LogP contribution in [0.15, 0.2) is 47.6 Å². The quantitative estimate of drug-likeness (QED) is 0.438. The zero-order chi connectivity index (χ0) is 20.8. The number of nitrogens with zero attached hydrogens (tertiary/aromatic N) is 3. The van der Waals surface area contributed by atoms with Crippen molar-refractivity contribution in [2.75, 3.05) is 11.1 Å². The number of nitrogens with one attached hydrogen (secondary N) is 1. The Morgan fingerprint density at radius 3 is 2.72 bits per heavy atom. The average Bonchev–Trinajstić information content (AvgIpc) is 3.02. The maximum Gasteiger partial charge on any atom is 0.234 e. The number of rotatable bonds is 8. The first-order valence-electron chi connectivity index (χ1n) is 8.81. The second-order valence-electron chi connectivity index (χ2n) is 6.39. The fourth-order valence-electron chi connectivity index (χ4n) is 2.54. The Balaban J connectivity index is 1.49. The van der Waals surface area contributed by atoms with Gasteiger partial charge < -0.3 is 9.88 Å². The zero-order valence-electron chi connectivity index (χ0n) is 16.0. The van der Waals surface area contributed by atoms with E-state index in [0.717, 1.165) is 28.4 Å². The molecule has 0 aliphatic carbocycles. The summed E-state index contributed by atoms with van der Waals surface area (Å²) in [6, 6.07) is 13.2. The minimum atomic E-state index is -0.0723. The lowest BCUT2D eigenvalue weighted by atomic mass is 10.2. The first kappa shape index (κ1) is 22.0. The van der Waals surface area contributed by atoms with E-state index in [4.69, 9.17) is 23.2 Å². The molecule has 0 spiro atoms. The van der Waals surface area contributed by atoms with E-state index in [1.807, 2.05) is 54.9 Å². The van der Waals surface area contributed by atoms with Gasteiger partial charge in [-0.1, -0.05) is 53.2 Å². The third-order valence-electron chi connectivity index (χ3n) is 4.06. The molecule has 1 aromatic heterocycles. The van der Waals surface area contributed by atoms with Crippen molar-refractivity contribution in [3.05, 3.63) is 69.5 Å². The summed E-state index contributed by atoms with van der Waals surface area (Å²) < 4.78 is 1.92. The minimum absolute atomic E-state index is 0.0723. The molecule has 0 radical (unpaired) electrons. The maximum absolute atomic E-state index is 12.2. The van der Waals surface area contributed by atoms with Crippen molar-refractivity contribution in [2.45, 2.75) is 23.6 Å². The lowest BCUT2D eigenvalue weighted by Crippen LogP contribution is -2.14. The van der Waals surface area contributed by atoms with E-state index in [1.54, 1.807) is 17.8 Å². The molecule has 3 rings (SSSR count). The smallest absolute Gasteiger partial charge is 0.234 e. The summed E-state index contributed by atoms with van der Waals surface area (Å²) >= 11 is 15.2. The van der Waals surface area contributed by atoms with Gasteiger partial charge >= 0.3 is 0 Å². The Hall–Kier alpha value is -1.67. The standard InChI is InChI=1S/C20H20Cl2N4OS2/c1-13-4-3-5-16(8-13)23-19(27)12-29-20-25-24-18(26(20)2)11-28-10-14-6-7-15(21)9-17(14)22/h3-9H,10-12H2,1-2H3,(H,23,27). The summed E-state index contributed by atoms with van der Waals surface area (Å²) in [5.41, 5.74) is 2.93. The molecule has 9 heteroatoms. The number of hydrogen-bond acceptors (Lipinski definition) is 5. The normalized spacial score (nSPS) is 10.9. The van der Waals surface area contributed by atoms with E-state index in [9.17, 15) is 4.79 Å². The van der Waals surface area contributed by atoms with Crippen LogP contribution in [0.3, 0.4) is 0 Å². The first-order valence-corrected chi connectivity index (χ1v) is 11.7. The van der Waals surface area contributed by atoms with Crippen LogP contribution in [0, 0.1) is 6.92 Å². The molecule has 0 fully saturated rings. The monoisotopic (exact) mass is 466 g/mol. The van der Waals surface area contributed by atoms with Crippen LogP contribution in [0.2, 0.25) is 10.0 Å². The third-order valence-corrected chi connectivity index (χ3v) is 6.65. The summed E-state index contributed by atoms with van der Waals surface area (Å²) in [6.07, 6.45) is 0. The van der Waals surface area contributed by atoms with Crippen molar-refractivity contribution in [1.82, 2.24) is 14.8 Å². The van der Waals surface area contributed by atoms with Crippen LogP contribution in [0.25, 0.3) is 0 Å². The van der Waals surface area contributed by atoms with Crippen molar-refractivity contribution in [3.8, 4) is 0 Å². The molecule has 152 valence electrons. The van der Waals surface area contributed by atoms with Gasteiger partial charge in [0.05, 0.1) is 11.5 Å². The molecular formula is C20H20Cl2N4OS2. The maximum atomic E-state index is 12.2. The fraction of sp³-hybridized carbons (Fsp3) is 0.250. The summed E-state index contributed by atoms with van der Waals surface area (Å²) in [5.74, 6) is 2.49. The van der Waals surface area contributed by atoms with Gasteiger partial charge in [-0.2, -0.15) is 0 Å². The van der Waals surface area contributed by atoms with Gasteiger partial charge in [-0.3, -0.25) is 4.79 Å². The van der Waals surface area contributed by atoms with Gasteiger partial charge in [-0.25, -0.2) is 0 Å². The van der Waals surface area contributed by atoms with Crippen molar-refractivity contribution in [2.24, 2.45) is 7.05 Å².